The highest BCUT2D eigenvalue weighted by molar-refractivity contribution is 5.07. The number of likely N-dealkylation sites (N-methyl/N-ethyl adjacent to an activating group) is 1. The van der Waals surface area contributed by atoms with Crippen LogP contribution >= 0.6 is 0 Å². The van der Waals surface area contributed by atoms with E-state index in [9.17, 15) is 0 Å². The first-order valence-electron chi connectivity index (χ1n) is 6.96. The minimum Gasteiger partial charge on any atom is -0.496 e. The van der Waals surface area contributed by atoms with Crippen molar-refractivity contribution in [2.75, 3.05) is 13.2 Å². The molecule has 1 aliphatic carbocycles. The third-order valence-corrected chi connectivity index (χ3v) is 3.82. The standard InChI is InChI=1S/C14H25NO/c1-2-15-13(14-9-6-10-16-14)11-12-7-4-3-5-8-12/h9,12-13,15H,2-8,10-11H2,1H3. The van der Waals surface area contributed by atoms with Gasteiger partial charge in [0, 0.05) is 6.42 Å². The van der Waals surface area contributed by atoms with Crippen LogP contribution in [0, 0.1) is 5.92 Å². The van der Waals surface area contributed by atoms with Crippen molar-refractivity contribution < 1.29 is 4.74 Å². The normalized spacial score (nSPS) is 23.9. The van der Waals surface area contributed by atoms with Gasteiger partial charge in [0.25, 0.3) is 0 Å². The molecule has 0 aromatic carbocycles. The second-order valence-corrected chi connectivity index (χ2v) is 5.09. The predicted molar refractivity (Wildman–Crippen MR) is 67.3 cm³/mol. The molecule has 16 heavy (non-hydrogen) atoms. The molecule has 2 rings (SSSR count). The second kappa shape index (κ2) is 6.29. The molecular weight excluding hydrogens is 198 g/mol. The topological polar surface area (TPSA) is 21.3 Å². The summed E-state index contributed by atoms with van der Waals surface area (Å²) in [6.45, 7) is 4.11. The quantitative estimate of drug-likeness (QED) is 0.772. The maximum absolute atomic E-state index is 5.71. The Kier molecular flexibility index (Phi) is 4.70. The molecule has 1 unspecified atom stereocenters. The molecule has 2 nitrogen and oxygen atoms in total. The van der Waals surface area contributed by atoms with Gasteiger partial charge in [-0.2, -0.15) is 0 Å². The summed E-state index contributed by atoms with van der Waals surface area (Å²) in [7, 11) is 0. The molecule has 0 spiro atoms. The molecule has 0 radical (unpaired) electrons. The summed E-state index contributed by atoms with van der Waals surface area (Å²) in [6, 6.07) is 0.482. The van der Waals surface area contributed by atoms with E-state index in [1.165, 1.54) is 44.3 Å². The van der Waals surface area contributed by atoms with Gasteiger partial charge in [0.05, 0.1) is 12.6 Å². The zero-order valence-electron chi connectivity index (χ0n) is 10.5. The lowest BCUT2D eigenvalue weighted by molar-refractivity contribution is 0.197. The Morgan fingerprint density at radius 3 is 2.81 bits per heavy atom. The van der Waals surface area contributed by atoms with Crippen LogP contribution in [-0.4, -0.2) is 19.2 Å². The Balaban J connectivity index is 1.85. The number of ether oxygens (including phenoxy) is 1. The third-order valence-electron chi connectivity index (χ3n) is 3.82. The van der Waals surface area contributed by atoms with Crippen LogP contribution in [-0.2, 0) is 4.74 Å². The highest BCUT2D eigenvalue weighted by Gasteiger charge is 2.23. The predicted octanol–water partition coefficient (Wildman–Crippen LogP) is 3.24. The lowest BCUT2D eigenvalue weighted by Gasteiger charge is -2.27. The van der Waals surface area contributed by atoms with E-state index in [-0.39, 0.29) is 0 Å². The van der Waals surface area contributed by atoms with E-state index in [0.717, 1.165) is 25.5 Å². The number of hydrogen-bond acceptors (Lipinski definition) is 2. The molecule has 0 bridgehead atoms. The van der Waals surface area contributed by atoms with Gasteiger partial charge in [-0.1, -0.05) is 39.0 Å². The van der Waals surface area contributed by atoms with Gasteiger partial charge < -0.3 is 10.1 Å². The maximum atomic E-state index is 5.71. The average molecular weight is 223 g/mol. The zero-order valence-corrected chi connectivity index (χ0v) is 10.5. The van der Waals surface area contributed by atoms with Crippen molar-refractivity contribution in [2.45, 2.75) is 57.9 Å². The summed E-state index contributed by atoms with van der Waals surface area (Å²) in [4.78, 5) is 0. The van der Waals surface area contributed by atoms with Gasteiger partial charge in [-0.3, -0.25) is 0 Å². The van der Waals surface area contributed by atoms with Crippen LogP contribution in [0.1, 0.15) is 51.9 Å². The lowest BCUT2D eigenvalue weighted by Crippen LogP contribution is -2.33. The van der Waals surface area contributed by atoms with Gasteiger partial charge >= 0.3 is 0 Å². The molecule has 1 N–H and O–H groups in total. The molecule has 92 valence electrons. The van der Waals surface area contributed by atoms with E-state index in [2.05, 4.69) is 18.3 Å². The zero-order chi connectivity index (χ0) is 11.2. The van der Waals surface area contributed by atoms with Gasteiger partial charge in [-0.25, -0.2) is 0 Å². The molecule has 1 heterocycles. The van der Waals surface area contributed by atoms with E-state index in [1.54, 1.807) is 0 Å². The van der Waals surface area contributed by atoms with Gasteiger partial charge in [0.2, 0.25) is 0 Å². The SMILES string of the molecule is CCNC(CC1CCCCC1)C1=CCCO1. The van der Waals surface area contributed by atoms with Crippen molar-refractivity contribution in [1.29, 1.82) is 0 Å². The van der Waals surface area contributed by atoms with Crippen molar-refractivity contribution in [2.24, 2.45) is 5.92 Å². The van der Waals surface area contributed by atoms with Gasteiger partial charge in [-0.15, -0.1) is 0 Å². The van der Waals surface area contributed by atoms with Crippen molar-refractivity contribution in [3.8, 4) is 0 Å². The minimum atomic E-state index is 0.482. The Morgan fingerprint density at radius 1 is 1.38 bits per heavy atom. The Hall–Kier alpha value is -0.500. The van der Waals surface area contributed by atoms with E-state index in [0.29, 0.717) is 6.04 Å². The second-order valence-electron chi connectivity index (χ2n) is 5.09. The van der Waals surface area contributed by atoms with Crippen molar-refractivity contribution in [1.82, 2.24) is 5.32 Å². The maximum Gasteiger partial charge on any atom is 0.109 e. The molecule has 0 aromatic heterocycles. The fourth-order valence-corrected chi connectivity index (χ4v) is 2.98. The molecule has 0 aromatic rings. The fraction of sp³-hybridized carbons (Fsp3) is 0.857. The molecule has 1 aliphatic heterocycles. The molecule has 1 saturated carbocycles. The molecule has 2 aliphatic rings. The van der Waals surface area contributed by atoms with E-state index >= 15 is 0 Å². The molecule has 2 heteroatoms. The average Bonchev–Trinajstić information content (AvgIpc) is 2.83. The molecule has 0 amide bonds. The first kappa shape index (κ1) is 12.0. The monoisotopic (exact) mass is 223 g/mol. The van der Waals surface area contributed by atoms with Crippen molar-refractivity contribution in [3.63, 3.8) is 0 Å². The smallest absolute Gasteiger partial charge is 0.109 e. The van der Waals surface area contributed by atoms with Gasteiger partial charge in [0.15, 0.2) is 0 Å². The number of nitrogens with one attached hydrogen (secondary N) is 1. The lowest BCUT2D eigenvalue weighted by atomic mass is 9.84. The van der Waals surface area contributed by atoms with Crippen LogP contribution in [0.3, 0.4) is 0 Å². The van der Waals surface area contributed by atoms with Crippen molar-refractivity contribution in [3.05, 3.63) is 11.8 Å². The van der Waals surface area contributed by atoms with Gasteiger partial charge in [-0.05, 0) is 25.0 Å². The minimum absolute atomic E-state index is 0.482. The third kappa shape index (κ3) is 3.24. The van der Waals surface area contributed by atoms with Crippen molar-refractivity contribution >= 4 is 0 Å². The number of rotatable bonds is 5. The molecule has 1 fully saturated rings. The molecule has 1 atom stereocenters. The first-order chi connectivity index (χ1) is 7.90. The largest absolute Gasteiger partial charge is 0.496 e. The highest BCUT2D eigenvalue weighted by Crippen LogP contribution is 2.29. The molecule has 0 saturated heterocycles. The van der Waals surface area contributed by atoms with Crippen LogP contribution in [0.5, 0.6) is 0 Å². The van der Waals surface area contributed by atoms with Crippen LogP contribution in [0.4, 0.5) is 0 Å². The van der Waals surface area contributed by atoms with E-state index in [1.807, 2.05) is 0 Å². The summed E-state index contributed by atoms with van der Waals surface area (Å²) >= 11 is 0. The van der Waals surface area contributed by atoms with Crippen LogP contribution in [0.2, 0.25) is 0 Å². The Bertz CT molecular complexity index is 231. The summed E-state index contributed by atoms with van der Waals surface area (Å²) in [5, 5.41) is 3.58. The van der Waals surface area contributed by atoms with E-state index < -0.39 is 0 Å². The van der Waals surface area contributed by atoms with Gasteiger partial charge in [0.1, 0.15) is 5.76 Å². The Labute approximate surface area is 99.4 Å². The van der Waals surface area contributed by atoms with Crippen LogP contribution in [0.15, 0.2) is 11.8 Å². The molecular formula is C14H25NO. The first-order valence-corrected chi connectivity index (χ1v) is 6.96. The summed E-state index contributed by atoms with van der Waals surface area (Å²) < 4.78 is 5.71. The van der Waals surface area contributed by atoms with Crippen LogP contribution in [0.25, 0.3) is 0 Å². The summed E-state index contributed by atoms with van der Waals surface area (Å²) in [5.41, 5.74) is 0. The van der Waals surface area contributed by atoms with Crippen LogP contribution < -0.4 is 5.32 Å². The fourth-order valence-electron chi connectivity index (χ4n) is 2.98. The number of hydrogen-bond donors (Lipinski definition) is 1. The Morgan fingerprint density at radius 2 is 2.19 bits per heavy atom. The summed E-state index contributed by atoms with van der Waals surface area (Å²) in [6.07, 6.45) is 11.8. The summed E-state index contributed by atoms with van der Waals surface area (Å²) in [5.74, 6) is 2.13. The highest BCUT2D eigenvalue weighted by atomic mass is 16.5. The van der Waals surface area contributed by atoms with E-state index in [4.69, 9.17) is 4.74 Å².